The number of hydrogen-bond donors (Lipinski definition) is 0. The van der Waals surface area contributed by atoms with Crippen LogP contribution >= 0.6 is 15.9 Å². The minimum Gasteiger partial charge on any atom is -0.423 e. The summed E-state index contributed by atoms with van der Waals surface area (Å²) in [6, 6.07) is 13.5. The van der Waals surface area contributed by atoms with Crippen molar-refractivity contribution in [3.8, 4) is 11.1 Å². The van der Waals surface area contributed by atoms with Crippen molar-refractivity contribution in [2.24, 2.45) is 0 Å². The van der Waals surface area contributed by atoms with Gasteiger partial charge in [-0.25, -0.2) is 4.79 Å². The van der Waals surface area contributed by atoms with Gasteiger partial charge in [-0.05, 0) is 43.2 Å². The van der Waals surface area contributed by atoms with Gasteiger partial charge >= 0.3 is 5.63 Å². The lowest BCUT2D eigenvalue weighted by atomic mass is 9.98. The SMILES string of the molecule is Cc1cc(C)cc(-c2cc(=O)oc3ccc(Br)cc23)c1. The second-order valence-electron chi connectivity index (χ2n) is 5.00. The van der Waals surface area contributed by atoms with Gasteiger partial charge in [-0.1, -0.05) is 45.3 Å². The van der Waals surface area contributed by atoms with E-state index >= 15 is 0 Å². The Hall–Kier alpha value is -1.87. The molecule has 0 bridgehead atoms. The smallest absolute Gasteiger partial charge is 0.336 e. The standard InChI is InChI=1S/C17H13BrO2/c1-10-5-11(2)7-12(6-10)14-9-17(19)20-16-4-3-13(18)8-15(14)16/h3-9H,1-2H3. The molecule has 0 amide bonds. The molecule has 3 heteroatoms. The Labute approximate surface area is 125 Å². The van der Waals surface area contributed by atoms with Gasteiger partial charge in [0.2, 0.25) is 0 Å². The summed E-state index contributed by atoms with van der Waals surface area (Å²) in [5.74, 6) is 0. The van der Waals surface area contributed by atoms with Gasteiger partial charge in [0.25, 0.3) is 0 Å². The molecule has 100 valence electrons. The van der Waals surface area contributed by atoms with Crippen molar-refractivity contribution >= 4 is 26.9 Å². The number of rotatable bonds is 1. The summed E-state index contributed by atoms with van der Waals surface area (Å²) in [6.45, 7) is 4.11. The molecule has 0 aliphatic heterocycles. The summed E-state index contributed by atoms with van der Waals surface area (Å²) in [5.41, 5.74) is 4.58. The molecule has 3 rings (SSSR count). The number of benzene rings is 2. The average molecular weight is 329 g/mol. The lowest BCUT2D eigenvalue weighted by Gasteiger charge is -2.08. The van der Waals surface area contributed by atoms with Gasteiger partial charge in [-0.2, -0.15) is 0 Å². The molecule has 1 aromatic heterocycles. The molecule has 0 spiro atoms. The lowest BCUT2D eigenvalue weighted by Crippen LogP contribution is -1.98. The monoisotopic (exact) mass is 328 g/mol. The van der Waals surface area contributed by atoms with Crippen LogP contribution in [0.5, 0.6) is 0 Å². The van der Waals surface area contributed by atoms with Crippen molar-refractivity contribution in [1.29, 1.82) is 0 Å². The highest BCUT2D eigenvalue weighted by atomic mass is 79.9. The Balaban J connectivity index is 2.40. The predicted molar refractivity (Wildman–Crippen MR) is 85.1 cm³/mol. The molecule has 20 heavy (non-hydrogen) atoms. The van der Waals surface area contributed by atoms with Crippen molar-refractivity contribution in [1.82, 2.24) is 0 Å². The zero-order valence-corrected chi connectivity index (χ0v) is 12.8. The van der Waals surface area contributed by atoms with E-state index in [0.29, 0.717) is 5.58 Å². The van der Waals surface area contributed by atoms with E-state index in [2.05, 4.69) is 48.0 Å². The van der Waals surface area contributed by atoms with E-state index < -0.39 is 0 Å². The predicted octanol–water partition coefficient (Wildman–Crippen LogP) is 4.84. The fourth-order valence-electron chi connectivity index (χ4n) is 2.50. The van der Waals surface area contributed by atoms with Crippen LogP contribution in [0.25, 0.3) is 22.1 Å². The van der Waals surface area contributed by atoms with Crippen LogP contribution in [0.1, 0.15) is 11.1 Å². The highest BCUT2D eigenvalue weighted by Crippen LogP contribution is 2.30. The topological polar surface area (TPSA) is 30.2 Å². The van der Waals surface area contributed by atoms with Crippen molar-refractivity contribution in [2.45, 2.75) is 13.8 Å². The van der Waals surface area contributed by atoms with E-state index in [1.54, 1.807) is 6.07 Å². The largest absolute Gasteiger partial charge is 0.423 e. The molecule has 2 nitrogen and oxygen atoms in total. The first-order valence-corrected chi connectivity index (χ1v) is 7.14. The molecular formula is C17H13BrO2. The summed E-state index contributed by atoms with van der Waals surface area (Å²) in [5, 5.41) is 0.934. The van der Waals surface area contributed by atoms with Crippen LogP contribution in [0.3, 0.4) is 0 Å². The quantitative estimate of drug-likeness (QED) is 0.598. The number of hydrogen-bond acceptors (Lipinski definition) is 2. The summed E-state index contributed by atoms with van der Waals surface area (Å²) in [7, 11) is 0. The summed E-state index contributed by atoms with van der Waals surface area (Å²) in [4.78, 5) is 11.8. The van der Waals surface area contributed by atoms with Crippen LogP contribution in [-0.2, 0) is 0 Å². The fourth-order valence-corrected chi connectivity index (χ4v) is 2.87. The van der Waals surface area contributed by atoms with Gasteiger partial charge in [0, 0.05) is 15.9 Å². The van der Waals surface area contributed by atoms with Gasteiger partial charge < -0.3 is 4.42 Å². The molecule has 3 aromatic rings. The van der Waals surface area contributed by atoms with Gasteiger partial charge in [-0.15, -0.1) is 0 Å². The second kappa shape index (κ2) is 4.91. The third-order valence-electron chi connectivity index (χ3n) is 3.24. The van der Waals surface area contributed by atoms with Crippen LogP contribution in [0.2, 0.25) is 0 Å². The first-order valence-electron chi connectivity index (χ1n) is 6.35. The highest BCUT2D eigenvalue weighted by molar-refractivity contribution is 9.10. The van der Waals surface area contributed by atoms with E-state index in [0.717, 1.165) is 21.0 Å². The molecule has 0 aliphatic rings. The molecule has 1 heterocycles. The van der Waals surface area contributed by atoms with Gasteiger partial charge in [0.15, 0.2) is 0 Å². The molecule has 0 aliphatic carbocycles. The normalized spacial score (nSPS) is 10.9. The van der Waals surface area contributed by atoms with Crippen LogP contribution < -0.4 is 5.63 Å². The zero-order chi connectivity index (χ0) is 14.3. The average Bonchev–Trinajstić information content (AvgIpc) is 2.37. The van der Waals surface area contributed by atoms with Gasteiger partial charge in [-0.3, -0.25) is 0 Å². The van der Waals surface area contributed by atoms with E-state index in [9.17, 15) is 4.79 Å². The molecule has 0 N–H and O–H groups in total. The van der Waals surface area contributed by atoms with E-state index in [4.69, 9.17) is 4.42 Å². The maximum atomic E-state index is 11.8. The van der Waals surface area contributed by atoms with Crippen molar-refractivity contribution in [3.63, 3.8) is 0 Å². The van der Waals surface area contributed by atoms with Crippen LogP contribution in [0, 0.1) is 13.8 Å². The number of aryl methyl sites for hydroxylation is 2. The van der Waals surface area contributed by atoms with Crippen LogP contribution in [0.15, 0.2) is 56.1 Å². The first kappa shape index (κ1) is 13.1. The zero-order valence-electron chi connectivity index (χ0n) is 11.2. The van der Waals surface area contributed by atoms with E-state index in [1.807, 2.05) is 18.2 Å². The van der Waals surface area contributed by atoms with Crippen molar-refractivity contribution in [3.05, 3.63) is 68.5 Å². The Kier molecular flexibility index (Phi) is 3.22. The van der Waals surface area contributed by atoms with Crippen LogP contribution in [-0.4, -0.2) is 0 Å². The van der Waals surface area contributed by atoms with Crippen LogP contribution in [0.4, 0.5) is 0 Å². The minimum absolute atomic E-state index is 0.325. The van der Waals surface area contributed by atoms with Crippen molar-refractivity contribution in [2.75, 3.05) is 0 Å². The fraction of sp³-hybridized carbons (Fsp3) is 0.118. The molecular weight excluding hydrogens is 316 g/mol. The second-order valence-corrected chi connectivity index (χ2v) is 5.91. The first-order chi connectivity index (χ1) is 9.52. The molecule has 0 saturated carbocycles. The van der Waals surface area contributed by atoms with Gasteiger partial charge in [0.1, 0.15) is 5.58 Å². The third kappa shape index (κ3) is 2.41. The number of halogens is 1. The Bertz CT molecular complexity index is 842. The Morgan fingerprint density at radius 3 is 2.35 bits per heavy atom. The minimum atomic E-state index is -0.325. The lowest BCUT2D eigenvalue weighted by molar-refractivity contribution is 0.561. The molecule has 0 atom stereocenters. The molecule has 0 unspecified atom stereocenters. The Morgan fingerprint density at radius 2 is 1.65 bits per heavy atom. The maximum Gasteiger partial charge on any atom is 0.336 e. The Morgan fingerprint density at radius 1 is 0.950 bits per heavy atom. The molecule has 0 fully saturated rings. The number of fused-ring (bicyclic) bond motifs is 1. The maximum absolute atomic E-state index is 11.8. The summed E-state index contributed by atoms with van der Waals surface area (Å²) >= 11 is 3.47. The molecule has 0 radical (unpaired) electrons. The molecule has 0 saturated heterocycles. The third-order valence-corrected chi connectivity index (χ3v) is 3.73. The highest BCUT2D eigenvalue weighted by Gasteiger charge is 2.09. The summed E-state index contributed by atoms with van der Waals surface area (Å²) in [6.07, 6.45) is 0. The van der Waals surface area contributed by atoms with E-state index in [-0.39, 0.29) is 5.63 Å². The molecule has 2 aromatic carbocycles. The van der Waals surface area contributed by atoms with Gasteiger partial charge in [0.05, 0.1) is 0 Å². The van der Waals surface area contributed by atoms with E-state index in [1.165, 1.54) is 11.1 Å². The summed E-state index contributed by atoms with van der Waals surface area (Å²) < 4.78 is 6.23. The van der Waals surface area contributed by atoms with Crippen molar-refractivity contribution < 1.29 is 4.42 Å².